The van der Waals surface area contributed by atoms with Crippen molar-refractivity contribution in [2.24, 2.45) is 0 Å². The van der Waals surface area contributed by atoms with E-state index in [0.29, 0.717) is 28.3 Å². The molecule has 0 amide bonds. The molecule has 0 unspecified atom stereocenters. The molecule has 1 aliphatic rings. The van der Waals surface area contributed by atoms with Gasteiger partial charge >= 0.3 is 0 Å². The number of para-hydroxylation sites is 1. The molecule has 0 bridgehead atoms. The second-order valence-corrected chi connectivity index (χ2v) is 7.65. The van der Waals surface area contributed by atoms with Gasteiger partial charge in [-0.3, -0.25) is 0 Å². The van der Waals surface area contributed by atoms with E-state index in [-0.39, 0.29) is 0 Å². The van der Waals surface area contributed by atoms with Gasteiger partial charge < -0.3 is 25.0 Å². The smallest absolute Gasteiger partial charge is 0.181 e. The van der Waals surface area contributed by atoms with Gasteiger partial charge in [-0.25, -0.2) is 14.6 Å². The van der Waals surface area contributed by atoms with Gasteiger partial charge in [0.1, 0.15) is 35.8 Å². The van der Waals surface area contributed by atoms with E-state index in [9.17, 15) is 10.2 Å². The number of nitrogens with one attached hydrogen (secondary N) is 1. The normalized spacial score (nSPS) is 22.9. The first kappa shape index (κ1) is 20.4. The third-order valence-corrected chi connectivity index (χ3v) is 5.59. The van der Waals surface area contributed by atoms with E-state index < -0.39 is 24.5 Å². The van der Waals surface area contributed by atoms with Gasteiger partial charge in [0, 0.05) is 11.3 Å². The van der Waals surface area contributed by atoms with Crippen LogP contribution in [0, 0.1) is 0 Å². The summed E-state index contributed by atoms with van der Waals surface area (Å²) in [6, 6.07) is 17.2. The summed E-state index contributed by atoms with van der Waals surface area (Å²) < 4.78 is 12.7. The zero-order chi connectivity index (χ0) is 22.2. The quantitative estimate of drug-likeness (QED) is 0.440. The summed E-state index contributed by atoms with van der Waals surface area (Å²) in [6.45, 7) is 1.71. The monoisotopic (exact) mass is 433 g/mol. The standard InChI is InChI=1S/C23H23N5O4/c1-13-19(29)20(30)23(32-13)28-22-17(18(27-28)14-7-6-10-16(11-14)31-2)21(24-12-25-22)26-15-8-4-3-5-9-15/h3-13,19-20,23,29-30H,1-2H3,(H,24,25,26)/t13-,19-,20-,23-/m1/s1. The highest BCUT2D eigenvalue weighted by Gasteiger charge is 2.43. The summed E-state index contributed by atoms with van der Waals surface area (Å²) in [7, 11) is 1.60. The van der Waals surface area contributed by atoms with E-state index in [4.69, 9.17) is 14.6 Å². The molecule has 0 saturated carbocycles. The van der Waals surface area contributed by atoms with Crippen LogP contribution in [0.25, 0.3) is 22.3 Å². The highest BCUT2D eigenvalue weighted by Crippen LogP contribution is 2.38. The molecule has 0 aliphatic carbocycles. The Labute approximate surface area is 184 Å². The van der Waals surface area contributed by atoms with E-state index in [2.05, 4.69) is 15.3 Å². The number of anilines is 2. The summed E-state index contributed by atoms with van der Waals surface area (Å²) in [5.74, 6) is 1.24. The first-order chi connectivity index (χ1) is 15.6. The van der Waals surface area contributed by atoms with Crippen molar-refractivity contribution in [1.82, 2.24) is 19.7 Å². The van der Waals surface area contributed by atoms with Crippen LogP contribution >= 0.6 is 0 Å². The van der Waals surface area contributed by atoms with Crippen LogP contribution in [0.15, 0.2) is 60.9 Å². The highest BCUT2D eigenvalue weighted by molar-refractivity contribution is 6.00. The lowest BCUT2D eigenvalue weighted by molar-refractivity contribution is -0.0370. The summed E-state index contributed by atoms with van der Waals surface area (Å²) >= 11 is 0. The fourth-order valence-corrected chi connectivity index (χ4v) is 3.91. The SMILES string of the molecule is COc1cccc(-c2nn([C@@H]3O[C@H](C)[C@@H](O)[C@H]3O)c3ncnc(Nc4ccccc4)c23)c1. The molecular weight excluding hydrogens is 410 g/mol. The fourth-order valence-electron chi connectivity index (χ4n) is 3.91. The number of aromatic nitrogens is 4. The molecule has 0 radical (unpaired) electrons. The van der Waals surface area contributed by atoms with Crippen LogP contribution in [0.5, 0.6) is 5.75 Å². The molecule has 9 nitrogen and oxygen atoms in total. The average molecular weight is 433 g/mol. The number of hydrogen-bond donors (Lipinski definition) is 3. The van der Waals surface area contributed by atoms with Crippen LogP contribution in [0.2, 0.25) is 0 Å². The number of aliphatic hydroxyl groups excluding tert-OH is 2. The Balaban J connectivity index is 1.71. The van der Waals surface area contributed by atoms with E-state index in [1.165, 1.54) is 11.0 Å². The summed E-state index contributed by atoms with van der Waals surface area (Å²) in [5.41, 5.74) is 2.72. The highest BCUT2D eigenvalue weighted by atomic mass is 16.6. The first-order valence-electron chi connectivity index (χ1n) is 10.3. The number of ether oxygens (including phenoxy) is 2. The Morgan fingerprint density at radius 1 is 1.03 bits per heavy atom. The maximum atomic E-state index is 10.6. The van der Waals surface area contributed by atoms with Crippen LogP contribution in [0.1, 0.15) is 13.2 Å². The number of hydrogen-bond acceptors (Lipinski definition) is 8. The van der Waals surface area contributed by atoms with Crippen molar-refractivity contribution in [2.45, 2.75) is 31.5 Å². The molecule has 5 rings (SSSR count). The Kier molecular flexibility index (Phi) is 5.22. The minimum absolute atomic E-state index is 0.474. The van der Waals surface area contributed by atoms with Crippen LogP contribution < -0.4 is 10.1 Å². The predicted molar refractivity (Wildman–Crippen MR) is 119 cm³/mol. The third kappa shape index (κ3) is 3.46. The van der Waals surface area contributed by atoms with Crippen molar-refractivity contribution in [1.29, 1.82) is 0 Å². The lowest BCUT2D eigenvalue weighted by Crippen LogP contribution is -2.30. The first-order valence-corrected chi connectivity index (χ1v) is 10.3. The average Bonchev–Trinajstić information content (AvgIpc) is 3.33. The lowest BCUT2D eigenvalue weighted by Gasteiger charge is -2.15. The molecule has 1 fully saturated rings. The molecule has 2 aromatic carbocycles. The Morgan fingerprint density at radius 2 is 1.84 bits per heavy atom. The Hall–Kier alpha value is -3.53. The maximum absolute atomic E-state index is 10.6. The van der Waals surface area contributed by atoms with Gasteiger partial charge in [0.2, 0.25) is 0 Å². The molecule has 164 valence electrons. The van der Waals surface area contributed by atoms with Crippen molar-refractivity contribution in [3.05, 3.63) is 60.9 Å². The lowest BCUT2D eigenvalue weighted by atomic mass is 10.1. The van der Waals surface area contributed by atoms with Gasteiger partial charge in [-0.2, -0.15) is 5.10 Å². The van der Waals surface area contributed by atoms with Crippen molar-refractivity contribution < 1.29 is 19.7 Å². The van der Waals surface area contributed by atoms with Gasteiger partial charge in [-0.1, -0.05) is 30.3 Å². The molecule has 3 heterocycles. The van der Waals surface area contributed by atoms with E-state index >= 15 is 0 Å². The van der Waals surface area contributed by atoms with Gasteiger partial charge in [0.25, 0.3) is 0 Å². The van der Waals surface area contributed by atoms with E-state index in [0.717, 1.165) is 11.3 Å². The molecule has 2 aromatic heterocycles. The molecule has 4 atom stereocenters. The molecule has 3 N–H and O–H groups in total. The van der Waals surface area contributed by atoms with Crippen LogP contribution in [0.4, 0.5) is 11.5 Å². The molecule has 9 heteroatoms. The predicted octanol–water partition coefficient (Wildman–Crippen LogP) is 2.88. The minimum atomic E-state index is -1.15. The van der Waals surface area contributed by atoms with Crippen molar-refractivity contribution in [3.63, 3.8) is 0 Å². The van der Waals surface area contributed by atoms with E-state index in [1.807, 2.05) is 54.6 Å². The number of rotatable bonds is 5. The molecule has 1 saturated heterocycles. The van der Waals surface area contributed by atoms with Gasteiger partial charge in [-0.05, 0) is 31.2 Å². The zero-order valence-electron chi connectivity index (χ0n) is 17.6. The van der Waals surface area contributed by atoms with Crippen molar-refractivity contribution >= 4 is 22.5 Å². The molecule has 0 spiro atoms. The molecule has 1 aliphatic heterocycles. The molecule has 4 aromatic rings. The van der Waals surface area contributed by atoms with Crippen LogP contribution in [-0.4, -0.2) is 55.4 Å². The van der Waals surface area contributed by atoms with Crippen molar-refractivity contribution in [2.75, 3.05) is 12.4 Å². The number of aliphatic hydroxyl groups is 2. The molecule has 32 heavy (non-hydrogen) atoms. The topological polar surface area (TPSA) is 115 Å². The van der Waals surface area contributed by atoms with Gasteiger partial charge in [0.05, 0.1) is 18.6 Å². The summed E-state index contributed by atoms with van der Waals surface area (Å²) in [6.07, 6.45) is -2.17. The third-order valence-electron chi connectivity index (χ3n) is 5.59. The second kappa shape index (κ2) is 8.19. The van der Waals surface area contributed by atoms with E-state index in [1.54, 1.807) is 14.0 Å². The van der Waals surface area contributed by atoms with Crippen molar-refractivity contribution in [3.8, 4) is 17.0 Å². The van der Waals surface area contributed by atoms with Gasteiger partial charge in [0.15, 0.2) is 11.9 Å². The largest absolute Gasteiger partial charge is 0.497 e. The number of fused-ring (bicyclic) bond motifs is 1. The zero-order valence-corrected chi connectivity index (χ0v) is 17.6. The summed E-state index contributed by atoms with van der Waals surface area (Å²) in [4.78, 5) is 8.91. The second-order valence-electron chi connectivity index (χ2n) is 7.65. The minimum Gasteiger partial charge on any atom is -0.497 e. The number of nitrogens with zero attached hydrogens (tertiary/aromatic N) is 4. The Morgan fingerprint density at radius 3 is 2.56 bits per heavy atom. The number of benzene rings is 2. The van der Waals surface area contributed by atoms with Gasteiger partial charge in [-0.15, -0.1) is 0 Å². The Bertz CT molecular complexity index is 1250. The summed E-state index contributed by atoms with van der Waals surface area (Å²) in [5, 5.41) is 29.6. The van der Waals surface area contributed by atoms with Crippen LogP contribution in [-0.2, 0) is 4.74 Å². The molecular formula is C23H23N5O4. The fraction of sp³-hybridized carbons (Fsp3) is 0.261. The van der Waals surface area contributed by atoms with Crippen LogP contribution in [0.3, 0.4) is 0 Å². The maximum Gasteiger partial charge on any atom is 0.181 e. The number of methoxy groups -OCH3 is 1.